The summed E-state index contributed by atoms with van der Waals surface area (Å²) in [6.45, 7) is 4.53. The molecule has 0 amide bonds. The van der Waals surface area contributed by atoms with Crippen LogP contribution in [0.15, 0.2) is 156 Å². The second-order valence-corrected chi connectivity index (χ2v) is 14.1. The standard InChI is InChI=1S/C47H31N3O/c1-47(2)38-23-13-11-22-34(38)40-35-26-25-33-31-20-12-14-24-39(31)50(43(33)44(35)51-45(40)47)46-48-41(29-17-7-4-8-18-29)37-27-36(28-15-5-3-6-16-28)30-19-9-10-21-32(30)42(37)49-46/h3-27H,1-2H3. The van der Waals surface area contributed by atoms with Crippen LogP contribution < -0.4 is 0 Å². The molecule has 4 heteroatoms. The van der Waals surface area contributed by atoms with Gasteiger partial charge in [-0.15, -0.1) is 0 Å². The van der Waals surface area contributed by atoms with E-state index in [1.54, 1.807) is 0 Å². The topological polar surface area (TPSA) is 43.9 Å². The number of nitrogens with zero attached hydrogens (tertiary/aromatic N) is 3. The molecule has 11 rings (SSSR count). The Balaban J connectivity index is 1.30. The lowest BCUT2D eigenvalue weighted by atomic mass is 9.86. The van der Waals surface area contributed by atoms with Gasteiger partial charge in [0, 0.05) is 43.5 Å². The van der Waals surface area contributed by atoms with E-state index in [0.717, 1.165) is 71.5 Å². The molecule has 7 aromatic carbocycles. The molecular formula is C47H31N3O. The van der Waals surface area contributed by atoms with Crippen LogP contribution in [0, 0.1) is 0 Å². The summed E-state index contributed by atoms with van der Waals surface area (Å²) >= 11 is 0. The van der Waals surface area contributed by atoms with Crippen molar-refractivity contribution in [3.05, 3.63) is 163 Å². The molecule has 240 valence electrons. The highest BCUT2D eigenvalue weighted by atomic mass is 16.3. The van der Waals surface area contributed by atoms with Gasteiger partial charge in [0.15, 0.2) is 5.58 Å². The number of aromatic nitrogens is 3. The Kier molecular flexibility index (Phi) is 5.70. The van der Waals surface area contributed by atoms with E-state index < -0.39 is 0 Å². The van der Waals surface area contributed by atoms with Crippen LogP contribution in [0.4, 0.5) is 0 Å². The minimum atomic E-state index is -0.260. The molecule has 0 unspecified atom stereocenters. The van der Waals surface area contributed by atoms with Crippen LogP contribution in [0.2, 0.25) is 0 Å². The highest BCUT2D eigenvalue weighted by molar-refractivity contribution is 6.20. The highest BCUT2D eigenvalue weighted by Gasteiger charge is 2.41. The Morgan fingerprint density at radius 3 is 1.98 bits per heavy atom. The third kappa shape index (κ3) is 3.85. The smallest absolute Gasteiger partial charge is 0.235 e. The highest BCUT2D eigenvalue weighted by Crippen LogP contribution is 2.54. The van der Waals surface area contributed by atoms with Crippen LogP contribution in [0.25, 0.3) is 93.9 Å². The fourth-order valence-electron chi connectivity index (χ4n) is 8.61. The van der Waals surface area contributed by atoms with Gasteiger partial charge < -0.3 is 4.42 Å². The maximum atomic E-state index is 7.07. The average molecular weight is 654 g/mol. The predicted octanol–water partition coefficient (Wildman–Crippen LogP) is 12.3. The molecule has 4 nitrogen and oxygen atoms in total. The van der Waals surface area contributed by atoms with Crippen LogP contribution in [0.1, 0.15) is 25.2 Å². The lowest BCUT2D eigenvalue weighted by Crippen LogP contribution is -2.14. The predicted molar refractivity (Wildman–Crippen MR) is 210 cm³/mol. The Morgan fingerprint density at radius 1 is 0.529 bits per heavy atom. The van der Waals surface area contributed by atoms with Crippen molar-refractivity contribution in [1.29, 1.82) is 0 Å². The number of benzene rings is 7. The summed E-state index contributed by atoms with van der Waals surface area (Å²) < 4.78 is 9.31. The van der Waals surface area contributed by atoms with Crippen LogP contribution in [0.5, 0.6) is 0 Å². The summed E-state index contributed by atoms with van der Waals surface area (Å²) in [4.78, 5) is 11.0. The van der Waals surface area contributed by atoms with Crippen molar-refractivity contribution >= 4 is 54.5 Å². The molecule has 0 spiro atoms. The van der Waals surface area contributed by atoms with Crippen LogP contribution in [-0.4, -0.2) is 14.5 Å². The van der Waals surface area contributed by atoms with Gasteiger partial charge in [0.05, 0.1) is 16.7 Å². The molecule has 10 aromatic rings. The van der Waals surface area contributed by atoms with Crippen molar-refractivity contribution in [1.82, 2.24) is 14.5 Å². The Labute approximate surface area is 294 Å². The number of furan rings is 1. The number of fused-ring (bicyclic) bond motifs is 12. The Bertz CT molecular complexity index is 3040. The normalized spacial score (nSPS) is 13.5. The molecule has 1 aliphatic carbocycles. The SMILES string of the molecule is CC1(C)c2ccccc2-c2c1oc1c2ccc2c3ccccc3n(-c3nc(-c4ccccc4)c4cc(-c5ccccc5)c5ccccc5c4n3)c21. The van der Waals surface area contributed by atoms with Crippen LogP contribution in [0.3, 0.4) is 0 Å². The molecule has 0 atom stereocenters. The monoisotopic (exact) mass is 653 g/mol. The third-order valence-electron chi connectivity index (χ3n) is 11.0. The van der Waals surface area contributed by atoms with Gasteiger partial charge in [0.25, 0.3) is 0 Å². The Hall–Kier alpha value is -6.52. The van der Waals surface area contributed by atoms with E-state index in [0.29, 0.717) is 5.95 Å². The van der Waals surface area contributed by atoms with Gasteiger partial charge in [-0.3, -0.25) is 4.57 Å². The van der Waals surface area contributed by atoms with Gasteiger partial charge in [0.2, 0.25) is 5.95 Å². The van der Waals surface area contributed by atoms with Gasteiger partial charge in [-0.2, -0.15) is 0 Å². The lowest BCUT2D eigenvalue weighted by Gasteiger charge is -2.18. The first kappa shape index (κ1) is 28.3. The molecule has 0 aliphatic heterocycles. The molecule has 51 heavy (non-hydrogen) atoms. The van der Waals surface area contributed by atoms with Crippen molar-refractivity contribution in [2.45, 2.75) is 19.3 Å². The van der Waals surface area contributed by atoms with E-state index in [1.807, 2.05) is 0 Å². The quantitative estimate of drug-likeness (QED) is 0.178. The largest absolute Gasteiger partial charge is 0.457 e. The van der Waals surface area contributed by atoms with Crippen molar-refractivity contribution in [2.24, 2.45) is 0 Å². The summed E-state index contributed by atoms with van der Waals surface area (Å²) in [5.74, 6) is 1.63. The molecule has 0 saturated heterocycles. The van der Waals surface area contributed by atoms with E-state index in [4.69, 9.17) is 14.4 Å². The zero-order chi connectivity index (χ0) is 33.8. The third-order valence-corrected chi connectivity index (χ3v) is 11.0. The van der Waals surface area contributed by atoms with Crippen molar-refractivity contribution in [3.8, 4) is 39.5 Å². The van der Waals surface area contributed by atoms with Crippen LogP contribution in [-0.2, 0) is 5.41 Å². The van der Waals surface area contributed by atoms with Crippen molar-refractivity contribution in [3.63, 3.8) is 0 Å². The van der Waals surface area contributed by atoms with Crippen molar-refractivity contribution in [2.75, 3.05) is 0 Å². The number of para-hydroxylation sites is 1. The first-order chi connectivity index (χ1) is 25.1. The molecule has 0 radical (unpaired) electrons. The number of hydrogen-bond acceptors (Lipinski definition) is 3. The zero-order valence-corrected chi connectivity index (χ0v) is 28.2. The van der Waals surface area contributed by atoms with E-state index in [2.05, 4.69) is 170 Å². The first-order valence-corrected chi connectivity index (χ1v) is 17.5. The summed E-state index contributed by atoms with van der Waals surface area (Å²) in [5, 5.41) is 6.64. The summed E-state index contributed by atoms with van der Waals surface area (Å²) in [7, 11) is 0. The van der Waals surface area contributed by atoms with Crippen molar-refractivity contribution < 1.29 is 4.42 Å². The van der Waals surface area contributed by atoms with Gasteiger partial charge in [-0.1, -0.05) is 133 Å². The van der Waals surface area contributed by atoms with E-state index in [9.17, 15) is 0 Å². The van der Waals surface area contributed by atoms with Crippen LogP contribution >= 0.6 is 0 Å². The maximum Gasteiger partial charge on any atom is 0.235 e. The molecule has 3 heterocycles. The lowest BCUT2D eigenvalue weighted by molar-refractivity contribution is 0.466. The second-order valence-electron chi connectivity index (χ2n) is 14.1. The summed E-state index contributed by atoms with van der Waals surface area (Å²) in [6, 6.07) is 53.7. The minimum absolute atomic E-state index is 0.260. The molecule has 0 bridgehead atoms. The maximum absolute atomic E-state index is 7.07. The van der Waals surface area contributed by atoms with E-state index in [-0.39, 0.29) is 5.41 Å². The Morgan fingerprint density at radius 2 is 1.18 bits per heavy atom. The molecule has 3 aromatic heterocycles. The van der Waals surface area contributed by atoms with Gasteiger partial charge in [-0.25, -0.2) is 9.97 Å². The van der Waals surface area contributed by atoms with Gasteiger partial charge in [-0.05, 0) is 59.7 Å². The average Bonchev–Trinajstić information content (AvgIpc) is 3.81. The fourth-order valence-corrected chi connectivity index (χ4v) is 8.61. The number of rotatable bonds is 3. The number of hydrogen-bond donors (Lipinski definition) is 0. The molecular weight excluding hydrogens is 623 g/mol. The fraction of sp³-hybridized carbons (Fsp3) is 0.0638. The zero-order valence-electron chi connectivity index (χ0n) is 28.2. The van der Waals surface area contributed by atoms with Gasteiger partial charge in [0.1, 0.15) is 11.3 Å². The van der Waals surface area contributed by atoms with E-state index in [1.165, 1.54) is 27.8 Å². The minimum Gasteiger partial charge on any atom is -0.457 e. The second kappa shape index (κ2) is 10.3. The van der Waals surface area contributed by atoms with E-state index >= 15 is 0 Å². The van der Waals surface area contributed by atoms with Gasteiger partial charge >= 0.3 is 0 Å². The molecule has 1 aliphatic rings. The first-order valence-electron chi connectivity index (χ1n) is 17.5. The molecule has 0 saturated carbocycles. The summed E-state index contributed by atoms with van der Waals surface area (Å²) in [6.07, 6.45) is 0. The molecule has 0 N–H and O–H groups in total. The summed E-state index contributed by atoms with van der Waals surface area (Å²) in [5.41, 5.74) is 11.6. The molecule has 0 fully saturated rings.